The number of imidazole rings is 1. The van der Waals surface area contributed by atoms with Gasteiger partial charge < -0.3 is 14.7 Å². The van der Waals surface area contributed by atoms with Crippen molar-refractivity contribution in [2.75, 3.05) is 7.11 Å². The highest BCUT2D eigenvalue weighted by atomic mass is 35.5. The lowest BCUT2D eigenvalue weighted by molar-refractivity contribution is 0.413. The van der Waals surface area contributed by atoms with Crippen LogP contribution in [0.25, 0.3) is 11.3 Å². The van der Waals surface area contributed by atoms with E-state index >= 15 is 0 Å². The van der Waals surface area contributed by atoms with Crippen LogP contribution in [-0.4, -0.2) is 17.1 Å². The fourth-order valence-electron chi connectivity index (χ4n) is 1.68. The van der Waals surface area contributed by atoms with Crippen LogP contribution in [0.3, 0.4) is 0 Å². The number of aromatic amines is 2. The van der Waals surface area contributed by atoms with Crippen molar-refractivity contribution in [3.63, 3.8) is 0 Å². The molecule has 0 aliphatic carbocycles. The Kier molecular flexibility index (Phi) is 2.75. The van der Waals surface area contributed by atoms with E-state index in [1.807, 2.05) is 13.0 Å². The molecule has 0 radical (unpaired) electrons. The highest BCUT2D eigenvalue weighted by Gasteiger charge is 2.11. The molecular formula is C11H11ClN2O2. The standard InChI is InChI=1S/C11H11ClN2O2/c1-6-3-7(12)4-8(10(6)16-2)9-5-13-11(15)14-9/h3-5H,1-2H3,(H2,13,14,15). The minimum absolute atomic E-state index is 0.255. The minimum Gasteiger partial charge on any atom is -0.496 e. The molecule has 0 aliphatic rings. The molecule has 0 unspecified atom stereocenters. The van der Waals surface area contributed by atoms with Crippen LogP contribution in [0.1, 0.15) is 5.56 Å². The van der Waals surface area contributed by atoms with Gasteiger partial charge in [-0.25, -0.2) is 4.79 Å². The van der Waals surface area contributed by atoms with Gasteiger partial charge in [0.05, 0.1) is 12.8 Å². The third kappa shape index (κ3) is 1.84. The van der Waals surface area contributed by atoms with Crippen molar-refractivity contribution in [3.05, 3.63) is 39.4 Å². The number of halogens is 1. The van der Waals surface area contributed by atoms with Gasteiger partial charge in [-0.05, 0) is 24.6 Å². The summed E-state index contributed by atoms with van der Waals surface area (Å²) in [6, 6.07) is 3.57. The van der Waals surface area contributed by atoms with Gasteiger partial charge >= 0.3 is 5.69 Å². The first kappa shape index (κ1) is 10.8. The third-order valence-corrected chi connectivity index (χ3v) is 2.55. The molecular weight excluding hydrogens is 228 g/mol. The third-order valence-electron chi connectivity index (χ3n) is 2.33. The number of aryl methyl sites for hydroxylation is 1. The van der Waals surface area contributed by atoms with E-state index in [0.29, 0.717) is 16.5 Å². The Morgan fingerprint density at radius 2 is 2.12 bits per heavy atom. The molecule has 0 aliphatic heterocycles. The lowest BCUT2D eigenvalue weighted by Crippen LogP contribution is -2.00. The van der Waals surface area contributed by atoms with Gasteiger partial charge in [-0.15, -0.1) is 0 Å². The Balaban J connectivity index is 2.67. The van der Waals surface area contributed by atoms with E-state index in [1.54, 1.807) is 19.4 Å². The summed E-state index contributed by atoms with van der Waals surface area (Å²) in [5.41, 5.74) is 2.10. The maximum absolute atomic E-state index is 11.0. The van der Waals surface area contributed by atoms with Gasteiger partial charge in [0.1, 0.15) is 5.75 Å². The van der Waals surface area contributed by atoms with Crippen molar-refractivity contribution in [2.45, 2.75) is 6.92 Å². The maximum Gasteiger partial charge on any atom is 0.323 e. The van der Waals surface area contributed by atoms with Gasteiger partial charge in [-0.1, -0.05) is 11.6 Å². The van der Waals surface area contributed by atoms with Gasteiger partial charge in [0.2, 0.25) is 0 Å². The summed E-state index contributed by atoms with van der Waals surface area (Å²) in [4.78, 5) is 16.3. The molecule has 5 heteroatoms. The fraction of sp³-hybridized carbons (Fsp3) is 0.182. The molecule has 2 rings (SSSR count). The Labute approximate surface area is 97.2 Å². The van der Waals surface area contributed by atoms with E-state index in [1.165, 1.54) is 0 Å². The number of H-pyrrole nitrogens is 2. The summed E-state index contributed by atoms with van der Waals surface area (Å²) in [6.07, 6.45) is 1.59. The first-order valence-corrected chi connectivity index (χ1v) is 5.12. The lowest BCUT2D eigenvalue weighted by Gasteiger charge is -2.10. The smallest absolute Gasteiger partial charge is 0.323 e. The maximum atomic E-state index is 11.0. The van der Waals surface area contributed by atoms with E-state index in [9.17, 15) is 4.79 Å². The molecule has 0 fully saturated rings. The zero-order chi connectivity index (χ0) is 11.7. The van der Waals surface area contributed by atoms with Crippen molar-refractivity contribution in [2.24, 2.45) is 0 Å². The number of benzene rings is 1. The summed E-state index contributed by atoms with van der Waals surface area (Å²) in [5, 5.41) is 0.607. The summed E-state index contributed by atoms with van der Waals surface area (Å²) in [7, 11) is 1.59. The summed E-state index contributed by atoms with van der Waals surface area (Å²) < 4.78 is 5.30. The molecule has 1 aromatic heterocycles. The number of methoxy groups -OCH3 is 1. The van der Waals surface area contributed by atoms with Crippen LogP contribution in [0, 0.1) is 6.92 Å². The second-order valence-corrected chi connectivity index (χ2v) is 3.90. The van der Waals surface area contributed by atoms with Crippen molar-refractivity contribution >= 4 is 11.6 Å². The van der Waals surface area contributed by atoms with Crippen molar-refractivity contribution in [3.8, 4) is 17.0 Å². The topological polar surface area (TPSA) is 57.9 Å². The predicted molar refractivity (Wildman–Crippen MR) is 63.1 cm³/mol. The number of ether oxygens (including phenoxy) is 1. The highest BCUT2D eigenvalue weighted by molar-refractivity contribution is 6.31. The highest BCUT2D eigenvalue weighted by Crippen LogP contribution is 2.33. The average Bonchev–Trinajstić information content (AvgIpc) is 2.63. The predicted octanol–water partition coefficient (Wildman–Crippen LogP) is 2.34. The van der Waals surface area contributed by atoms with Crippen LogP contribution in [-0.2, 0) is 0 Å². The molecule has 0 saturated carbocycles. The van der Waals surface area contributed by atoms with Crippen LogP contribution in [0.2, 0.25) is 5.02 Å². The van der Waals surface area contributed by atoms with E-state index < -0.39 is 0 Å². The number of hydrogen-bond donors (Lipinski definition) is 2. The molecule has 0 bridgehead atoms. The molecule has 2 N–H and O–H groups in total. The molecule has 0 atom stereocenters. The fourth-order valence-corrected chi connectivity index (χ4v) is 1.95. The molecule has 84 valence electrons. The average molecular weight is 239 g/mol. The van der Waals surface area contributed by atoms with Crippen LogP contribution in [0.5, 0.6) is 5.75 Å². The molecule has 1 heterocycles. The van der Waals surface area contributed by atoms with Gasteiger partial charge in [0, 0.05) is 16.8 Å². The van der Waals surface area contributed by atoms with E-state index in [4.69, 9.17) is 16.3 Å². The Bertz CT molecular complexity index is 572. The number of hydrogen-bond acceptors (Lipinski definition) is 2. The van der Waals surface area contributed by atoms with Gasteiger partial charge in [-0.2, -0.15) is 0 Å². The van der Waals surface area contributed by atoms with E-state index in [2.05, 4.69) is 9.97 Å². The summed E-state index contributed by atoms with van der Waals surface area (Å²) >= 11 is 5.98. The van der Waals surface area contributed by atoms with E-state index in [0.717, 1.165) is 11.1 Å². The molecule has 0 saturated heterocycles. The van der Waals surface area contributed by atoms with Crippen molar-refractivity contribution in [1.29, 1.82) is 0 Å². The zero-order valence-corrected chi connectivity index (χ0v) is 9.68. The Morgan fingerprint density at radius 3 is 2.69 bits per heavy atom. The summed E-state index contributed by atoms with van der Waals surface area (Å²) in [6.45, 7) is 1.90. The summed E-state index contributed by atoms with van der Waals surface area (Å²) in [5.74, 6) is 0.708. The quantitative estimate of drug-likeness (QED) is 0.844. The van der Waals surface area contributed by atoms with Crippen LogP contribution in [0.15, 0.2) is 23.1 Å². The van der Waals surface area contributed by atoms with Gasteiger partial charge in [-0.3, -0.25) is 0 Å². The van der Waals surface area contributed by atoms with Crippen LogP contribution in [0.4, 0.5) is 0 Å². The number of nitrogens with one attached hydrogen (secondary N) is 2. The normalized spacial score (nSPS) is 10.4. The first-order valence-electron chi connectivity index (χ1n) is 4.74. The second kappa shape index (κ2) is 4.06. The number of aromatic nitrogens is 2. The molecule has 4 nitrogen and oxygen atoms in total. The van der Waals surface area contributed by atoms with Crippen LogP contribution < -0.4 is 10.4 Å². The van der Waals surface area contributed by atoms with Crippen molar-refractivity contribution < 1.29 is 4.74 Å². The first-order chi connectivity index (χ1) is 7.61. The largest absolute Gasteiger partial charge is 0.496 e. The van der Waals surface area contributed by atoms with Crippen LogP contribution >= 0.6 is 11.6 Å². The van der Waals surface area contributed by atoms with Crippen molar-refractivity contribution in [1.82, 2.24) is 9.97 Å². The number of rotatable bonds is 2. The molecule has 0 amide bonds. The lowest BCUT2D eigenvalue weighted by atomic mass is 10.1. The monoisotopic (exact) mass is 238 g/mol. The Morgan fingerprint density at radius 1 is 1.38 bits per heavy atom. The second-order valence-electron chi connectivity index (χ2n) is 3.46. The SMILES string of the molecule is COc1c(C)cc(Cl)cc1-c1c[nH]c(=O)[nH]1. The molecule has 2 aromatic rings. The molecule has 0 spiro atoms. The zero-order valence-electron chi connectivity index (χ0n) is 8.93. The van der Waals surface area contributed by atoms with Gasteiger partial charge in [0.15, 0.2) is 0 Å². The Hall–Kier alpha value is -1.68. The minimum atomic E-state index is -0.255. The molecule has 1 aromatic carbocycles. The van der Waals surface area contributed by atoms with Gasteiger partial charge in [0.25, 0.3) is 0 Å². The molecule has 16 heavy (non-hydrogen) atoms. The van der Waals surface area contributed by atoms with E-state index in [-0.39, 0.29) is 5.69 Å².